The zero-order valence-electron chi connectivity index (χ0n) is 16.8. The van der Waals surface area contributed by atoms with Crippen LogP contribution in [0.15, 0.2) is 36.4 Å². The summed E-state index contributed by atoms with van der Waals surface area (Å²) in [5, 5.41) is 2.91. The lowest BCUT2D eigenvalue weighted by atomic mass is 9.93. The van der Waals surface area contributed by atoms with Gasteiger partial charge in [-0.25, -0.2) is 9.97 Å². The van der Waals surface area contributed by atoms with E-state index in [9.17, 15) is 18.0 Å². The standard InChI is InChI=1S/C22H25F3N4O/c1-14-12-19(22(23,24)25)28-20(27-14)9-10-26-21(30)16-13-18(15-6-3-2-4-7-15)29-11-5-8-17(16)29/h2-4,6-7,12,16-18H,5,8-11,13H2,1H3,(H,26,30)/t16-,17+,18-/m0/s1. The van der Waals surface area contributed by atoms with Crippen LogP contribution in [0.5, 0.6) is 0 Å². The quantitative estimate of drug-likeness (QED) is 0.805. The average molecular weight is 418 g/mol. The van der Waals surface area contributed by atoms with Gasteiger partial charge in [-0.15, -0.1) is 0 Å². The third-order valence-electron chi connectivity index (χ3n) is 6.04. The van der Waals surface area contributed by atoms with E-state index in [4.69, 9.17) is 0 Å². The molecule has 160 valence electrons. The van der Waals surface area contributed by atoms with Gasteiger partial charge >= 0.3 is 6.18 Å². The maximum absolute atomic E-state index is 12.9. The second-order valence-corrected chi connectivity index (χ2v) is 8.07. The van der Waals surface area contributed by atoms with E-state index in [1.54, 1.807) is 0 Å². The highest BCUT2D eigenvalue weighted by molar-refractivity contribution is 5.80. The molecule has 2 aromatic rings. The molecule has 1 aromatic heterocycles. The number of nitrogens with one attached hydrogen (secondary N) is 1. The summed E-state index contributed by atoms with van der Waals surface area (Å²) in [5.74, 6) is -0.0467. The SMILES string of the molecule is Cc1cc(C(F)(F)F)nc(CCNC(=O)[C@H]2C[C@@H](c3ccccc3)N3CCC[C@H]23)n1. The van der Waals surface area contributed by atoms with Crippen molar-refractivity contribution in [2.24, 2.45) is 5.92 Å². The van der Waals surface area contributed by atoms with Crippen LogP contribution in [0.1, 0.15) is 48.1 Å². The van der Waals surface area contributed by atoms with Gasteiger partial charge in [-0.05, 0) is 44.4 Å². The summed E-state index contributed by atoms with van der Waals surface area (Å²) in [5.41, 5.74) is 0.550. The molecule has 1 N–H and O–H groups in total. The van der Waals surface area contributed by atoms with Gasteiger partial charge in [0.25, 0.3) is 0 Å². The lowest BCUT2D eigenvalue weighted by molar-refractivity contribution is -0.141. The van der Waals surface area contributed by atoms with Crippen molar-refractivity contribution in [3.8, 4) is 0 Å². The van der Waals surface area contributed by atoms with Crippen molar-refractivity contribution in [1.29, 1.82) is 0 Å². The van der Waals surface area contributed by atoms with Crippen molar-refractivity contribution < 1.29 is 18.0 Å². The van der Waals surface area contributed by atoms with Crippen molar-refractivity contribution in [1.82, 2.24) is 20.2 Å². The number of rotatable bonds is 5. The lowest BCUT2D eigenvalue weighted by Gasteiger charge is -2.24. The fourth-order valence-electron chi connectivity index (χ4n) is 4.77. The third kappa shape index (κ3) is 4.33. The Morgan fingerprint density at radius 1 is 1.23 bits per heavy atom. The highest BCUT2D eigenvalue weighted by Crippen LogP contribution is 2.44. The Hall–Kier alpha value is -2.48. The molecule has 0 aliphatic carbocycles. The van der Waals surface area contributed by atoms with Crippen LogP contribution < -0.4 is 5.32 Å². The number of carbonyl (C=O) groups excluding carboxylic acids is 1. The maximum atomic E-state index is 12.9. The zero-order chi connectivity index (χ0) is 21.3. The van der Waals surface area contributed by atoms with Gasteiger partial charge in [0, 0.05) is 30.7 Å². The Labute approximate surface area is 173 Å². The van der Waals surface area contributed by atoms with Crippen LogP contribution in [0.25, 0.3) is 0 Å². The lowest BCUT2D eigenvalue weighted by Crippen LogP contribution is -2.38. The molecule has 3 heterocycles. The molecule has 0 unspecified atom stereocenters. The summed E-state index contributed by atoms with van der Waals surface area (Å²) in [6.45, 7) is 2.72. The van der Waals surface area contributed by atoms with Crippen molar-refractivity contribution in [2.45, 2.75) is 50.9 Å². The van der Waals surface area contributed by atoms with Gasteiger partial charge in [-0.2, -0.15) is 13.2 Å². The largest absolute Gasteiger partial charge is 0.433 e. The fraction of sp³-hybridized carbons (Fsp3) is 0.500. The Kier molecular flexibility index (Phi) is 5.77. The first kappa shape index (κ1) is 20.8. The minimum absolute atomic E-state index is 0.0333. The van der Waals surface area contributed by atoms with E-state index in [1.807, 2.05) is 18.2 Å². The van der Waals surface area contributed by atoms with E-state index in [0.717, 1.165) is 31.9 Å². The first-order valence-electron chi connectivity index (χ1n) is 10.3. The number of carbonyl (C=O) groups is 1. The molecular formula is C22H25F3N4O. The van der Waals surface area contributed by atoms with Gasteiger partial charge < -0.3 is 5.32 Å². The molecule has 0 saturated carbocycles. The smallest absolute Gasteiger partial charge is 0.355 e. The average Bonchev–Trinajstić information content (AvgIpc) is 3.30. The van der Waals surface area contributed by atoms with Crippen LogP contribution in [0.4, 0.5) is 13.2 Å². The predicted octanol–water partition coefficient (Wildman–Crippen LogP) is 3.69. The number of alkyl halides is 3. The van der Waals surface area contributed by atoms with Gasteiger partial charge in [0.1, 0.15) is 11.5 Å². The molecule has 0 radical (unpaired) electrons. The van der Waals surface area contributed by atoms with Crippen LogP contribution in [0.3, 0.4) is 0 Å². The van der Waals surface area contributed by atoms with E-state index in [-0.39, 0.29) is 48.4 Å². The number of hydrogen-bond acceptors (Lipinski definition) is 4. The maximum Gasteiger partial charge on any atom is 0.433 e. The highest BCUT2D eigenvalue weighted by Gasteiger charge is 2.46. The summed E-state index contributed by atoms with van der Waals surface area (Å²) < 4.78 is 38.8. The Balaban J connectivity index is 1.38. The number of nitrogens with zero attached hydrogens (tertiary/aromatic N) is 3. The topological polar surface area (TPSA) is 58.1 Å². The molecule has 4 rings (SSSR count). The summed E-state index contributed by atoms with van der Waals surface area (Å²) in [6, 6.07) is 11.6. The molecule has 8 heteroatoms. The Morgan fingerprint density at radius 2 is 2.00 bits per heavy atom. The van der Waals surface area contributed by atoms with Gasteiger partial charge in [-0.1, -0.05) is 30.3 Å². The van der Waals surface area contributed by atoms with E-state index >= 15 is 0 Å². The van der Waals surface area contributed by atoms with Gasteiger partial charge in [-0.3, -0.25) is 9.69 Å². The third-order valence-corrected chi connectivity index (χ3v) is 6.04. The summed E-state index contributed by atoms with van der Waals surface area (Å²) in [7, 11) is 0. The van der Waals surface area contributed by atoms with Gasteiger partial charge in [0.15, 0.2) is 0 Å². The normalized spacial score (nSPS) is 24.1. The molecule has 0 bridgehead atoms. The summed E-state index contributed by atoms with van der Waals surface area (Å²) in [6.07, 6.45) is -1.50. The van der Waals surface area contributed by atoms with Crippen molar-refractivity contribution in [3.05, 3.63) is 59.2 Å². The van der Waals surface area contributed by atoms with E-state index < -0.39 is 11.9 Å². The molecule has 2 aliphatic heterocycles. The Bertz CT molecular complexity index is 903. The number of benzene rings is 1. The molecule has 1 aromatic carbocycles. The minimum Gasteiger partial charge on any atom is -0.355 e. The first-order chi connectivity index (χ1) is 14.3. The number of amides is 1. The van der Waals surface area contributed by atoms with Crippen molar-refractivity contribution in [2.75, 3.05) is 13.1 Å². The molecular weight excluding hydrogens is 393 g/mol. The van der Waals surface area contributed by atoms with Gasteiger partial charge in [0.2, 0.25) is 5.91 Å². The second kappa shape index (κ2) is 8.34. The number of halogens is 3. The van der Waals surface area contributed by atoms with Gasteiger partial charge in [0.05, 0.1) is 5.92 Å². The second-order valence-electron chi connectivity index (χ2n) is 8.07. The van der Waals surface area contributed by atoms with Crippen molar-refractivity contribution in [3.63, 3.8) is 0 Å². The van der Waals surface area contributed by atoms with Crippen LogP contribution in [-0.2, 0) is 17.4 Å². The summed E-state index contributed by atoms with van der Waals surface area (Å²) in [4.78, 5) is 23.0. The fourth-order valence-corrected chi connectivity index (χ4v) is 4.77. The number of aromatic nitrogens is 2. The Morgan fingerprint density at radius 3 is 2.73 bits per heavy atom. The molecule has 2 saturated heterocycles. The van der Waals surface area contributed by atoms with Crippen LogP contribution in [0, 0.1) is 12.8 Å². The monoisotopic (exact) mass is 418 g/mol. The van der Waals surface area contributed by atoms with Crippen LogP contribution in [-0.4, -0.2) is 39.9 Å². The minimum atomic E-state index is -4.51. The number of hydrogen-bond donors (Lipinski definition) is 1. The van der Waals surface area contributed by atoms with E-state index in [0.29, 0.717) is 0 Å². The molecule has 1 amide bonds. The molecule has 2 aliphatic rings. The molecule has 2 fully saturated rings. The van der Waals surface area contributed by atoms with Crippen molar-refractivity contribution >= 4 is 5.91 Å². The number of aryl methyl sites for hydroxylation is 1. The molecule has 0 spiro atoms. The van der Waals surface area contributed by atoms with Crippen LogP contribution in [0.2, 0.25) is 0 Å². The number of fused-ring (bicyclic) bond motifs is 1. The molecule has 30 heavy (non-hydrogen) atoms. The molecule has 5 nitrogen and oxygen atoms in total. The summed E-state index contributed by atoms with van der Waals surface area (Å²) >= 11 is 0. The zero-order valence-corrected chi connectivity index (χ0v) is 16.8. The first-order valence-corrected chi connectivity index (χ1v) is 10.3. The predicted molar refractivity (Wildman–Crippen MR) is 106 cm³/mol. The molecule has 3 atom stereocenters. The van der Waals surface area contributed by atoms with E-state index in [2.05, 4.69) is 32.3 Å². The van der Waals surface area contributed by atoms with E-state index in [1.165, 1.54) is 12.5 Å². The highest BCUT2D eigenvalue weighted by atomic mass is 19.4. The van der Waals surface area contributed by atoms with Crippen LogP contribution >= 0.6 is 0 Å².